The SMILES string of the molecule is Cn1nc2c(-c3ccc4ncnn4c3C#N)cc(NC(=O)c3cc(F)cc(C(F)(F)F)c3)c3c2c1C(=O)NC3c1cc(F)ccc1Cl. The number of alkyl halides is 3. The number of benzene rings is 3. The Kier molecular flexibility index (Phi) is 6.72. The molecule has 1 aliphatic rings. The third-order valence-corrected chi connectivity index (χ3v) is 8.11. The molecule has 47 heavy (non-hydrogen) atoms. The summed E-state index contributed by atoms with van der Waals surface area (Å²) in [5.74, 6) is -3.74. The number of pyridine rings is 1. The lowest BCUT2D eigenvalue weighted by atomic mass is 9.87. The number of anilines is 1. The molecule has 4 heterocycles. The van der Waals surface area contributed by atoms with Crippen molar-refractivity contribution < 1.29 is 31.5 Å². The molecule has 10 nitrogen and oxygen atoms in total. The minimum Gasteiger partial charge on any atom is -0.340 e. The molecule has 1 atom stereocenters. The first kappa shape index (κ1) is 29.8. The van der Waals surface area contributed by atoms with Crippen LogP contribution in [0.4, 0.5) is 27.6 Å². The Morgan fingerprint density at radius 1 is 1.06 bits per heavy atom. The van der Waals surface area contributed by atoms with Gasteiger partial charge in [-0.3, -0.25) is 14.3 Å². The van der Waals surface area contributed by atoms with Crippen molar-refractivity contribution >= 4 is 45.7 Å². The predicted octanol–water partition coefficient (Wildman–Crippen LogP) is 6.19. The molecule has 0 spiro atoms. The van der Waals surface area contributed by atoms with E-state index in [0.717, 1.165) is 12.1 Å². The van der Waals surface area contributed by atoms with Gasteiger partial charge in [0.15, 0.2) is 11.3 Å². The van der Waals surface area contributed by atoms with E-state index in [0.29, 0.717) is 17.8 Å². The highest BCUT2D eigenvalue weighted by molar-refractivity contribution is 6.31. The fourth-order valence-electron chi connectivity index (χ4n) is 5.79. The van der Waals surface area contributed by atoms with E-state index in [1.807, 2.05) is 0 Å². The van der Waals surface area contributed by atoms with Gasteiger partial charge in [-0.05, 0) is 54.6 Å². The fourth-order valence-corrected chi connectivity index (χ4v) is 6.02. The van der Waals surface area contributed by atoms with E-state index in [9.17, 15) is 36.8 Å². The van der Waals surface area contributed by atoms with Crippen LogP contribution in [0, 0.1) is 23.0 Å². The molecule has 3 aromatic carbocycles. The molecule has 234 valence electrons. The Balaban J connectivity index is 1.53. The Bertz CT molecular complexity index is 2380. The number of hydrogen-bond donors (Lipinski definition) is 2. The predicted molar refractivity (Wildman–Crippen MR) is 157 cm³/mol. The van der Waals surface area contributed by atoms with Crippen LogP contribution >= 0.6 is 11.6 Å². The first-order valence-corrected chi connectivity index (χ1v) is 13.9. The van der Waals surface area contributed by atoms with Crippen molar-refractivity contribution in [2.75, 3.05) is 5.32 Å². The van der Waals surface area contributed by atoms with Crippen LogP contribution in [0.2, 0.25) is 5.02 Å². The summed E-state index contributed by atoms with van der Waals surface area (Å²) in [6.07, 6.45) is -3.70. The summed E-state index contributed by atoms with van der Waals surface area (Å²) in [6.45, 7) is 0. The zero-order chi connectivity index (χ0) is 33.4. The molecule has 2 amide bonds. The van der Waals surface area contributed by atoms with Crippen LogP contribution in [0.15, 0.2) is 60.9 Å². The molecular formula is C31H16ClF5N8O2. The Hall–Kier alpha value is -5.88. The van der Waals surface area contributed by atoms with Crippen LogP contribution in [0.25, 0.3) is 27.7 Å². The first-order chi connectivity index (χ1) is 22.3. The third-order valence-electron chi connectivity index (χ3n) is 7.77. The van der Waals surface area contributed by atoms with Crippen molar-refractivity contribution in [3.05, 3.63) is 111 Å². The van der Waals surface area contributed by atoms with E-state index in [-0.39, 0.29) is 61.3 Å². The van der Waals surface area contributed by atoms with E-state index >= 15 is 0 Å². The molecule has 6 aromatic rings. The number of aryl methyl sites for hydroxylation is 1. The number of aromatic nitrogens is 5. The quantitative estimate of drug-likeness (QED) is 0.217. The average Bonchev–Trinajstić information content (AvgIpc) is 3.64. The van der Waals surface area contributed by atoms with E-state index in [2.05, 4.69) is 31.9 Å². The summed E-state index contributed by atoms with van der Waals surface area (Å²) in [6, 6.07) is 10.3. The van der Waals surface area contributed by atoms with Gasteiger partial charge in [-0.2, -0.15) is 28.6 Å². The normalized spacial score (nSPS) is 14.3. The van der Waals surface area contributed by atoms with Gasteiger partial charge in [0.2, 0.25) is 0 Å². The van der Waals surface area contributed by atoms with Crippen molar-refractivity contribution in [3.63, 3.8) is 0 Å². The van der Waals surface area contributed by atoms with Gasteiger partial charge in [0.25, 0.3) is 11.8 Å². The maximum atomic E-state index is 14.5. The Morgan fingerprint density at radius 3 is 2.60 bits per heavy atom. The second-order valence-corrected chi connectivity index (χ2v) is 11.0. The average molecular weight is 663 g/mol. The number of carbonyl (C=O) groups excluding carboxylic acids is 2. The lowest BCUT2D eigenvalue weighted by molar-refractivity contribution is -0.137. The second kappa shape index (κ2) is 10.6. The van der Waals surface area contributed by atoms with Crippen molar-refractivity contribution in [2.45, 2.75) is 12.2 Å². The molecule has 2 N–H and O–H groups in total. The highest BCUT2D eigenvalue weighted by Gasteiger charge is 2.37. The molecule has 0 fully saturated rings. The zero-order valence-electron chi connectivity index (χ0n) is 23.6. The van der Waals surface area contributed by atoms with Crippen molar-refractivity contribution in [1.29, 1.82) is 5.26 Å². The minimum atomic E-state index is -4.95. The number of nitrogens with zero attached hydrogens (tertiary/aromatic N) is 6. The number of hydrogen-bond acceptors (Lipinski definition) is 6. The molecule has 7 rings (SSSR count). The summed E-state index contributed by atoms with van der Waals surface area (Å²) in [4.78, 5) is 31.2. The van der Waals surface area contributed by atoms with E-state index in [1.54, 1.807) is 12.1 Å². The van der Waals surface area contributed by atoms with E-state index in [4.69, 9.17) is 11.6 Å². The largest absolute Gasteiger partial charge is 0.416 e. The number of rotatable bonds is 4. The van der Waals surface area contributed by atoms with Gasteiger partial charge >= 0.3 is 6.18 Å². The summed E-state index contributed by atoms with van der Waals surface area (Å²) < 4.78 is 71.9. The lowest BCUT2D eigenvalue weighted by Crippen LogP contribution is -2.35. The molecule has 0 bridgehead atoms. The molecule has 1 unspecified atom stereocenters. The minimum absolute atomic E-state index is 0.0183. The summed E-state index contributed by atoms with van der Waals surface area (Å²) >= 11 is 6.46. The molecular weight excluding hydrogens is 647 g/mol. The summed E-state index contributed by atoms with van der Waals surface area (Å²) in [5.41, 5.74) is -0.761. The van der Waals surface area contributed by atoms with Crippen molar-refractivity contribution in [2.24, 2.45) is 7.05 Å². The number of fused-ring (bicyclic) bond motifs is 1. The summed E-state index contributed by atoms with van der Waals surface area (Å²) in [7, 11) is 1.49. The highest BCUT2D eigenvalue weighted by Crippen LogP contribution is 2.46. The molecule has 16 heteroatoms. The number of nitrogens with one attached hydrogen (secondary N) is 2. The number of nitriles is 1. The van der Waals surface area contributed by atoms with Crippen LogP contribution in [0.5, 0.6) is 0 Å². The van der Waals surface area contributed by atoms with E-state index < -0.39 is 46.8 Å². The maximum absolute atomic E-state index is 14.5. The second-order valence-electron chi connectivity index (χ2n) is 10.6. The van der Waals surface area contributed by atoms with Gasteiger partial charge in [0.05, 0.1) is 11.6 Å². The molecule has 0 saturated carbocycles. The van der Waals surface area contributed by atoms with Crippen LogP contribution in [0.1, 0.15) is 49.3 Å². The standard InChI is InChI=1S/C31H16ClF5N8O2/c1-44-28-25-24(26(42-30(28)47)19-9-15(33)2-4-20(19)32)21(41-29(46)13-6-14(31(35,36)37)8-16(34)7-13)10-18(27(25)43-44)17-3-5-23-39-12-40-45(23)22(17)11-38/h2-10,12,26H,1H3,(H,41,46)(H,42,47). The Labute approximate surface area is 265 Å². The third kappa shape index (κ3) is 4.81. The highest BCUT2D eigenvalue weighted by atomic mass is 35.5. The smallest absolute Gasteiger partial charge is 0.340 e. The number of halogens is 6. The van der Waals surface area contributed by atoms with Gasteiger partial charge in [0, 0.05) is 51.0 Å². The van der Waals surface area contributed by atoms with Gasteiger partial charge in [-0.25, -0.2) is 18.3 Å². The molecule has 0 radical (unpaired) electrons. The van der Waals surface area contributed by atoms with Gasteiger partial charge in [0.1, 0.15) is 35.2 Å². The van der Waals surface area contributed by atoms with Crippen molar-refractivity contribution in [1.82, 2.24) is 29.7 Å². The summed E-state index contributed by atoms with van der Waals surface area (Å²) in [5, 5.41) is 24.3. The van der Waals surface area contributed by atoms with E-state index in [1.165, 1.54) is 34.7 Å². The van der Waals surface area contributed by atoms with Gasteiger partial charge in [-0.15, -0.1) is 0 Å². The number of carbonyl (C=O) groups is 2. The lowest BCUT2D eigenvalue weighted by Gasteiger charge is -2.29. The van der Waals surface area contributed by atoms with Crippen LogP contribution in [0.3, 0.4) is 0 Å². The Morgan fingerprint density at radius 2 is 1.85 bits per heavy atom. The molecule has 3 aromatic heterocycles. The van der Waals surface area contributed by atoms with Crippen LogP contribution in [-0.4, -0.2) is 36.2 Å². The molecule has 1 aliphatic heterocycles. The zero-order valence-corrected chi connectivity index (χ0v) is 24.4. The molecule has 0 saturated heterocycles. The van der Waals surface area contributed by atoms with Gasteiger partial charge < -0.3 is 10.6 Å². The maximum Gasteiger partial charge on any atom is 0.416 e. The molecule has 0 aliphatic carbocycles. The van der Waals surface area contributed by atoms with Crippen LogP contribution in [-0.2, 0) is 13.2 Å². The first-order valence-electron chi connectivity index (χ1n) is 13.6. The van der Waals surface area contributed by atoms with Gasteiger partial charge in [-0.1, -0.05) is 11.6 Å². The van der Waals surface area contributed by atoms with Crippen LogP contribution < -0.4 is 10.6 Å². The fraction of sp³-hybridized carbons (Fsp3) is 0.0968. The number of amides is 2. The van der Waals surface area contributed by atoms with Crippen molar-refractivity contribution in [3.8, 4) is 17.2 Å². The monoisotopic (exact) mass is 662 g/mol. The topological polar surface area (TPSA) is 130 Å².